The zero-order chi connectivity index (χ0) is 10.4. The van der Waals surface area contributed by atoms with E-state index in [0.717, 1.165) is 17.8 Å². The summed E-state index contributed by atoms with van der Waals surface area (Å²) >= 11 is 0. The van der Waals surface area contributed by atoms with Crippen LogP contribution in [0.2, 0.25) is 0 Å². The van der Waals surface area contributed by atoms with E-state index in [0.29, 0.717) is 0 Å². The predicted molar refractivity (Wildman–Crippen MR) is 61.0 cm³/mol. The Labute approximate surface area is 84.5 Å². The van der Waals surface area contributed by atoms with Crippen molar-refractivity contribution in [2.45, 2.75) is 40.5 Å². The average molecular weight is 185 g/mol. The molecule has 0 aliphatic carbocycles. The highest BCUT2D eigenvalue weighted by Gasteiger charge is 2.18. The maximum atomic E-state index is 2.40. The largest absolute Gasteiger partial charge is 0.309 e. The first-order valence-corrected chi connectivity index (χ1v) is 5.63. The average Bonchev–Trinajstić information content (AvgIpc) is 2.02. The van der Waals surface area contributed by atoms with E-state index in [4.69, 9.17) is 0 Å². The minimum Gasteiger partial charge on any atom is -0.309 e. The van der Waals surface area contributed by atoms with E-state index >= 15 is 0 Å². The van der Waals surface area contributed by atoms with Crippen molar-refractivity contribution in [1.82, 2.24) is 4.90 Å². The van der Waals surface area contributed by atoms with E-state index in [-0.39, 0.29) is 0 Å². The summed E-state index contributed by atoms with van der Waals surface area (Å²) < 4.78 is 0. The van der Waals surface area contributed by atoms with Crippen LogP contribution in [0.4, 0.5) is 0 Å². The fraction of sp³-hybridized carbons (Fsp3) is 1.00. The van der Waals surface area contributed by atoms with E-state index in [1.54, 1.807) is 0 Å². The Bertz CT molecular complexity index is 120. The fourth-order valence-electron chi connectivity index (χ4n) is 2.02. The van der Waals surface area contributed by atoms with E-state index in [9.17, 15) is 0 Å². The molecule has 0 rings (SSSR count). The van der Waals surface area contributed by atoms with Crippen LogP contribution in [0.1, 0.15) is 40.5 Å². The molecule has 0 aromatic carbocycles. The molecular weight excluding hydrogens is 158 g/mol. The Morgan fingerprint density at radius 2 is 1.54 bits per heavy atom. The molecule has 0 radical (unpaired) electrons. The van der Waals surface area contributed by atoms with Gasteiger partial charge in [0.05, 0.1) is 0 Å². The first kappa shape index (κ1) is 13.0. The molecule has 80 valence electrons. The summed E-state index contributed by atoms with van der Waals surface area (Å²) in [4.78, 5) is 2.29. The Hall–Kier alpha value is -0.0400. The molecule has 13 heavy (non-hydrogen) atoms. The summed E-state index contributed by atoms with van der Waals surface area (Å²) in [5.41, 5.74) is 0. The van der Waals surface area contributed by atoms with Crippen molar-refractivity contribution in [2.75, 3.05) is 20.6 Å². The third-order valence-corrected chi connectivity index (χ3v) is 3.19. The third kappa shape index (κ3) is 5.30. The molecule has 0 heterocycles. The summed E-state index contributed by atoms with van der Waals surface area (Å²) in [5, 5.41) is 0. The monoisotopic (exact) mass is 185 g/mol. The van der Waals surface area contributed by atoms with Crippen LogP contribution in [0.25, 0.3) is 0 Å². The van der Waals surface area contributed by atoms with Crippen molar-refractivity contribution < 1.29 is 0 Å². The van der Waals surface area contributed by atoms with Gasteiger partial charge in [-0.15, -0.1) is 0 Å². The second kappa shape index (κ2) is 6.42. The van der Waals surface area contributed by atoms with Crippen LogP contribution < -0.4 is 0 Å². The van der Waals surface area contributed by atoms with Crippen molar-refractivity contribution in [3.05, 3.63) is 0 Å². The molecule has 0 amide bonds. The zero-order valence-corrected chi connectivity index (χ0v) is 10.3. The SMILES string of the molecule is CCCC(C)C(C)C(C)CN(C)C. The van der Waals surface area contributed by atoms with Crippen LogP contribution in [0.15, 0.2) is 0 Å². The summed E-state index contributed by atoms with van der Waals surface area (Å²) in [6, 6.07) is 0. The molecule has 1 nitrogen and oxygen atoms in total. The molecule has 1 heteroatoms. The van der Waals surface area contributed by atoms with Gasteiger partial charge in [-0.05, 0) is 31.8 Å². The van der Waals surface area contributed by atoms with Crippen LogP contribution >= 0.6 is 0 Å². The summed E-state index contributed by atoms with van der Waals surface area (Å²) in [5.74, 6) is 2.54. The minimum absolute atomic E-state index is 0.816. The number of hydrogen-bond acceptors (Lipinski definition) is 1. The van der Waals surface area contributed by atoms with Gasteiger partial charge in [0.15, 0.2) is 0 Å². The lowest BCUT2D eigenvalue weighted by molar-refractivity contribution is 0.214. The van der Waals surface area contributed by atoms with Crippen LogP contribution in [-0.4, -0.2) is 25.5 Å². The van der Waals surface area contributed by atoms with Crippen LogP contribution in [0.3, 0.4) is 0 Å². The van der Waals surface area contributed by atoms with E-state index < -0.39 is 0 Å². The topological polar surface area (TPSA) is 3.24 Å². The summed E-state index contributed by atoms with van der Waals surface area (Å²) in [7, 11) is 4.32. The standard InChI is InChI=1S/C12H27N/c1-7-8-10(2)12(4)11(3)9-13(5)6/h10-12H,7-9H2,1-6H3. The van der Waals surface area contributed by atoms with Gasteiger partial charge in [0.2, 0.25) is 0 Å². The molecule has 3 atom stereocenters. The fourth-order valence-corrected chi connectivity index (χ4v) is 2.02. The second-order valence-electron chi connectivity index (χ2n) is 4.86. The van der Waals surface area contributed by atoms with Crippen molar-refractivity contribution >= 4 is 0 Å². The van der Waals surface area contributed by atoms with Gasteiger partial charge in [0.1, 0.15) is 0 Å². The molecule has 0 aromatic heterocycles. The molecule has 0 spiro atoms. The van der Waals surface area contributed by atoms with Crippen molar-refractivity contribution in [3.63, 3.8) is 0 Å². The molecule has 0 saturated carbocycles. The van der Waals surface area contributed by atoms with Gasteiger partial charge in [0, 0.05) is 6.54 Å². The van der Waals surface area contributed by atoms with Crippen LogP contribution in [0.5, 0.6) is 0 Å². The smallest absolute Gasteiger partial charge is 0.000357 e. The highest BCUT2D eigenvalue weighted by atomic mass is 15.1. The van der Waals surface area contributed by atoms with Crippen molar-refractivity contribution in [3.8, 4) is 0 Å². The molecule has 3 unspecified atom stereocenters. The van der Waals surface area contributed by atoms with Gasteiger partial charge >= 0.3 is 0 Å². The lowest BCUT2D eigenvalue weighted by Crippen LogP contribution is -2.27. The number of nitrogens with zero attached hydrogens (tertiary/aromatic N) is 1. The molecule has 0 aliphatic heterocycles. The van der Waals surface area contributed by atoms with Gasteiger partial charge in [-0.1, -0.05) is 40.5 Å². The Kier molecular flexibility index (Phi) is 6.40. The Morgan fingerprint density at radius 1 is 1.00 bits per heavy atom. The zero-order valence-electron chi connectivity index (χ0n) is 10.3. The first-order valence-electron chi connectivity index (χ1n) is 5.63. The third-order valence-electron chi connectivity index (χ3n) is 3.19. The minimum atomic E-state index is 0.816. The quantitative estimate of drug-likeness (QED) is 0.614. The molecule has 0 fully saturated rings. The Morgan fingerprint density at radius 3 is 1.92 bits per heavy atom. The maximum Gasteiger partial charge on any atom is 0.000357 e. The highest BCUT2D eigenvalue weighted by Crippen LogP contribution is 2.24. The number of hydrogen-bond donors (Lipinski definition) is 0. The first-order chi connectivity index (χ1) is 5.99. The molecular formula is C12H27N. The summed E-state index contributed by atoms with van der Waals surface area (Å²) in [6.45, 7) is 10.7. The van der Waals surface area contributed by atoms with E-state index in [2.05, 4.69) is 46.7 Å². The Balaban J connectivity index is 3.85. The number of rotatable bonds is 6. The van der Waals surface area contributed by atoms with Gasteiger partial charge in [0.25, 0.3) is 0 Å². The van der Waals surface area contributed by atoms with E-state index in [1.807, 2.05) is 0 Å². The van der Waals surface area contributed by atoms with Gasteiger partial charge in [-0.3, -0.25) is 0 Å². The van der Waals surface area contributed by atoms with Gasteiger partial charge < -0.3 is 4.90 Å². The lowest BCUT2D eigenvalue weighted by Gasteiger charge is -2.28. The van der Waals surface area contributed by atoms with E-state index in [1.165, 1.54) is 19.4 Å². The van der Waals surface area contributed by atoms with Crippen LogP contribution in [0, 0.1) is 17.8 Å². The molecule has 0 bridgehead atoms. The highest BCUT2D eigenvalue weighted by molar-refractivity contribution is 4.69. The normalized spacial score (nSPS) is 18.7. The van der Waals surface area contributed by atoms with Crippen LogP contribution in [-0.2, 0) is 0 Å². The van der Waals surface area contributed by atoms with Crippen molar-refractivity contribution in [1.29, 1.82) is 0 Å². The van der Waals surface area contributed by atoms with Gasteiger partial charge in [-0.2, -0.15) is 0 Å². The molecule has 0 saturated heterocycles. The van der Waals surface area contributed by atoms with Gasteiger partial charge in [-0.25, -0.2) is 0 Å². The molecule has 0 N–H and O–H groups in total. The predicted octanol–water partition coefficient (Wildman–Crippen LogP) is 3.26. The molecule has 0 aromatic rings. The lowest BCUT2D eigenvalue weighted by atomic mass is 9.82. The second-order valence-corrected chi connectivity index (χ2v) is 4.86. The summed E-state index contributed by atoms with van der Waals surface area (Å²) in [6.07, 6.45) is 2.69. The maximum absolute atomic E-state index is 2.40. The van der Waals surface area contributed by atoms with Crippen molar-refractivity contribution in [2.24, 2.45) is 17.8 Å². The molecule has 0 aliphatic rings.